The lowest BCUT2D eigenvalue weighted by molar-refractivity contribution is -0.148. The zero-order valence-corrected chi connectivity index (χ0v) is 24.7. The molecule has 232 valence electrons. The van der Waals surface area contributed by atoms with Crippen LogP contribution in [0.25, 0.3) is 0 Å². The van der Waals surface area contributed by atoms with Crippen molar-refractivity contribution in [3.8, 4) is 17.2 Å². The highest BCUT2D eigenvalue weighted by molar-refractivity contribution is 6.25. The number of fused-ring (bicyclic) bond motifs is 4. The van der Waals surface area contributed by atoms with Crippen molar-refractivity contribution >= 4 is 28.8 Å². The first-order valence-corrected chi connectivity index (χ1v) is 14.1. The van der Waals surface area contributed by atoms with Gasteiger partial charge in [0.2, 0.25) is 12.6 Å². The number of nitrogens with one attached hydrogen (secondary N) is 1. The number of Topliss-reactive ketones (excluding diaryl/α,β-unsaturated/α-hetero) is 2. The van der Waals surface area contributed by atoms with Crippen LogP contribution in [-0.2, 0) is 22.6 Å². The molecule has 3 aliphatic carbocycles. The van der Waals surface area contributed by atoms with Gasteiger partial charge in [0, 0.05) is 37.8 Å². The van der Waals surface area contributed by atoms with Crippen molar-refractivity contribution in [3.63, 3.8) is 0 Å². The number of carbonyl (C=O) groups excluding carboxylic acids is 3. The van der Waals surface area contributed by atoms with Crippen LogP contribution in [0.1, 0.15) is 27.9 Å². The third-order valence-corrected chi connectivity index (χ3v) is 9.10. The van der Waals surface area contributed by atoms with Crippen LogP contribution in [0.5, 0.6) is 17.2 Å². The number of ketones is 2. The third-order valence-electron chi connectivity index (χ3n) is 9.10. The van der Waals surface area contributed by atoms with Crippen LogP contribution in [0.4, 0.5) is 11.4 Å². The number of carbonyl (C=O) groups is 3. The smallest absolute Gasteiger partial charge is 0.255 e. The number of nitrogens with zero attached hydrogens (tertiary/aromatic N) is 2. The first kappa shape index (κ1) is 29.3. The Kier molecular flexibility index (Phi) is 6.78. The summed E-state index contributed by atoms with van der Waals surface area (Å²) in [5.41, 5.74) is 3.88. The van der Waals surface area contributed by atoms with Crippen molar-refractivity contribution in [2.75, 3.05) is 45.2 Å². The van der Waals surface area contributed by atoms with Gasteiger partial charge in [-0.05, 0) is 62.2 Å². The molecular formula is C31H34N4O9. The third kappa shape index (κ3) is 4.10. The van der Waals surface area contributed by atoms with E-state index in [9.17, 15) is 34.8 Å². The molecule has 1 heterocycles. The molecule has 1 amide bonds. The fraction of sp³-hybridized carbons (Fsp3) is 0.387. The van der Waals surface area contributed by atoms with Crippen molar-refractivity contribution in [2.24, 2.45) is 17.6 Å². The van der Waals surface area contributed by atoms with E-state index in [1.165, 1.54) is 4.90 Å². The van der Waals surface area contributed by atoms with Crippen molar-refractivity contribution < 1.29 is 44.3 Å². The van der Waals surface area contributed by atoms with Crippen LogP contribution in [0.15, 0.2) is 46.9 Å². The Morgan fingerprint density at radius 2 is 1.80 bits per heavy atom. The number of allylic oxidation sites excluding steroid dienone is 1. The first-order chi connectivity index (χ1) is 20.8. The maximum Gasteiger partial charge on any atom is 0.255 e. The summed E-state index contributed by atoms with van der Waals surface area (Å²) in [5.74, 6) is -5.66. The molecule has 44 heavy (non-hydrogen) atoms. The largest absolute Gasteiger partial charge is 0.510 e. The van der Waals surface area contributed by atoms with E-state index in [1.807, 2.05) is 17.0 Å². The number of hydrogen-bond donors (Lipinski definition) is 6. The number of phenols is 1. The van der Waals surface area contributed by atoms with Gasteiger partial charge in [0.25, 0.3) is 5.91 Å². The zero-order chi connectivity index (χ0) is 31.8. The molecule has 4 aliphatic rings. The second-order valence-electron chi connectivity index (χ2n) is 12.0. The van der Waals surface area contributed by atoms with Gasteiger partial charge in [-0.2, -0.15) is 0 Å². The average molecular weight is 607 g/mol. The van der Waals surface area contributed by atoms with Gasteiger partial charge in [-0.25, -0.2) is 0 Å². The van der Waals surface area contributed by atoms with E-state index in [0.29, 0.717) is 22.7 Å². The number of aliphatic hydroxyl groups excluding tert-OH is 2. The Morgan fingerprint density at radius 3 is 2.45 bits per heavy atom. The summed E-state index contributed by atoms with van der Waals surface area (Å²) in [6.45, 7) is 0.405. The standard InChI is InChI=1S/C31H34N4O9/c1-34(2)18-10-17(33-11-13-5-6-19-20(7-13)44-12-43-19)25(36)22-15(18)8-14-9-16-24(35(3)4)27(38)23(30(32)41)29(40)31(16,42)28(39)21(14)26(22)37/h5-7,10,14,16,24,33,36,38-39,42H,8-9,11-12H2,1-4H3,(H2,32,41)/t14-,16-,24-,31-/m0/s1. The van der Waals surface area contributed by atoms with E-state index >= 15 is 0 Å². The minimum absolute atomic E-state index is 0.0174. The van der Waals surface area contributed by atoms with Crippen LogP contribution >= 0.6 is 0 Å². The maximum atomic E-state index is 14.2. The summed E-state index contributed by atoms with van der Waals surface area (Å²) >= 11 is 0. The average Bonchev–Trinajstić information content (AvgIpc) is 3.42. The van der Waals surface area contributed by atoms with E-state index in [1.54, 1.807) is 40.3 Å². The quantitative estimate of drug-likeness (QED) is 0.205. The number of benzene rings is 2. The molecule has 0 saturated carbocycles. The number of aliphatic hydroxyl groups is 3. The maximum absolute atomic E-state index is 14.2. The molecule has 0 bridgehead atoms. The van der Waals surface area contributed by atoms with Gasteiger partial charge in [0.1, 0.15) is 22.8 Å². The van der Waals surface area contributed by atoms with Crippen LogP contribution in [0.2, 0.25) is 0 Å². The SMILES string of the molecule is CN(C)c1cc(NCc2ccc3c(c2)OCO3)c(O)c2c1C[C@H]1C[C@H]3[C@H](N(C)C)C(O)=C(C(N)=O)C(=O)[C@@]3(O)C(O)=C1C2=O. The lowest BCUT2D eigenvalue weighted by Crippen LogP contribution is -2.63. The summed E-state index contributed by atoms with van der Waals surface area (Å²) in [6, 6.07) is 6.12. The highest BCUT2D eigenvalue weighted by atomic mass is 16.7. The van der Waals surface area contributed by atoms with Gasteiger partial charge < -0.3 is 45.9 Å². The van der Waals surface area contributed by atoms with Crippen molar-refractivity contribution in [1.82, 2.24) is 4.90 Å². The summed E-state index contributed by atoms with van der Waals surface area (Å²) in [7, 11) is 6.79. The Bertz CT molecular complexity index is 1700. The number of hydrogen-bond acceptors (Lipinski definition) is 12. The van der Waals surface area contributed by atoms with E-state index < -0.39 is 58.0 Å². The number of nitrogens with two attached hydrogens (primary N) is 1. The van der Waals surface area contributed by atoms with Crippen LogP contribution in [0, 0.1) is 11.8 Å². The molecule has 13 heteroatoms. The monoisotopic (exact) mass is 606 g/mol. The van der Waals surface area contributed by atoms with E-state index in [0.717, 1.165) is 5.56 Å². The molecule has 0 fully saturated rings. The second kappa shape index (κ2) is 10.2. The Hall–Kier alpha value is -4.75. The lowest BCUT2D eigenvalue weighted by atomic mass is 9.58. The van der Waals surface area contributed by atoms with Crippen LogP contribution in [0.3, 0.4) is 0 Å². The van der Waals surface area contributed by atoms with Gasteiger partial charge >= 0.3 is 0 Å². The fourth-order valence-corrected chi connectivity index (χ4v) is 7.08. The Morgan fingerprint density at radius 1 is 1.09 bits per heavy atom. The van der Waals surface area contributed by atoms with Crippen LogP contribution in [-0.4, -0.2) is 89.4 Å². The van der Waals surface area contributed by atoms with Gasteiger partial charge in [-0.3, -0.25) is 19.3 Å². The number of aromatic hydroxyl groups is 1. The lowest BCUT2D eigenvalue weighted by Gasteiger charge is -2.50. The minimum Gasteiger partial charge on any atom is -0.510 e. The fourth-order valence-electron chi connectivity index (χ4n) is 7.08. The molecule has 2 aromatic carbocycles. The molecule has 0 radical (unpaired) electrons. The summed E-state index contributed by atoms with van der Waals surface area (Å²) in [6.07, 6.45) is 0.210. The van der Waals surface area contributed by atoms with Crippen LogP contribution < -0.4 is 25.4 Å². The number of phenolic OH excluding ortho intramolecular Hbond substituents is 1. The number of ether oxygens (including phenoxy) is 2. The zero-order valence-electron chi connectivity index (χ0n) is 24.7. The van der Waals surface area contributed by atoms with Crippen molar-refractivity contribution in [3.05, 3.63) is 63.6 Å². The second-order valence-corrected chi connectivity index (χ2v) is 12.0. The summed E-state index contributed by atoms with van der Waals surface area (Å²) in [4.78, 5) is 43.3. The molecule has 0 aromatic heterocycles. The summed E-state index contributed by atoms with van der Waals surface area (Å²) in [5, 5.41) is 48.9. The predicted octanol–water partition coefficient (Wildman–Crippen LogP) is 1.53. The van der Waals surface area contributed by atoms with E-state index in [-0.39, 0.29) is 48.8 Å². The predicted molar refractivity (Wildman–Crippen MR) is 158 cm³/mol. The van der Waals surface area contributed by atoms with Gasteiger partial charge in [0.05, 0.1) is 17.3 Å². The van der Waals surface area contributed by atoms with Gasteiger partial charge in [-0.1, -0.05) is 6.07 Å². The molecule has 7 N–H and O–H groups in total. The molecule has 1 aliphatic heterocycles. The number of anilines is 2. The minimum atomic E-state index is -2.69. The normalized spacial score (nSPS) is 25.5. The molecule has 6 rings (SSSR count). The van der Waals surface area contributed by atoms with Gasteiger partial charge in [0.15, 0.2) is 22.9 Å². The van der Waals surface area contributed by atoms with Crippen molar-refractivity contribution in [1.29, 1.82) is 0 Å². The van der Waals surface area contributed by atoms with E-state index in [2.05, 4.69) is 5.32 Å². The molecule has 2 aromatic rings. The topological polar surface area (TPSA) is 195 Å². The highest BCUT2D eigenvalue weighted by Gasteiger charge is 2.63. The number of primary amides is 1. The molecule has 0 saturated heterocycles. The number of amides is 1. The number of rotatable bonds is 6. The molecule has 0 spiro atoms. The molecule has 4 atom stereocenters. The molecule has 0 unspecified atom stereocenters. The van der Waals surface area contributed by atoms with Gasteiger partial charge in [-0.15, -0.1) is 0 Å². The molecule has 13 nitrogen and oxygen atoms in total. The summed E-state index contributed by atoms with van der Waals surface area (Å²) < 4.78 is 10.8. The highest BCUT2D eigenvalue weighted by Crippen LogP contribution is 2.54. The number of likely N-dealkylation sites (N-methyl/N-ethyl adjacent to an activating group) is 1. The van der Waals surface area contributed by atoms with E-state index in [4.69, 9.17) is 15.2 Å². The Labute approximate surface area is 252 Å². The Balaban J connectivity index is 1.44. The molecular weight excluding hydrogens is 572 g/mol. The van der Waals surface area contributed by atoms with Crippen molar-refractivity contribution in [2.45, 2.75) is 31.0 Å². The first-order valence-electron chi connectivity index (χ1n) is 14.1.